The molecule has 4 N–H and O–H groups in total. The maximum absolute atomic E-state index is 13.4. The normalized spacial score (nSPS) is 10.1. The van der Waals surface area contributed by atoms with Gasteiger partial charge >= 0.3 is 5.97 Å². The van der Waals surface area contributed by atoms with Gasteiger partial charge in [-0.15, -0.1) is 0 Å². The third-order valence-electron chi connectivity index (χ3n) is 2.15. The number of carboxylic acid groups (broad SMARTS) is 1. The number of nitrogen functional groups attached to an aromatic ring is 1. The van der Waals surface area contributed by atoms with Crippen LogP contribution in [0.4, 0.5) is 21.6 Å². The molecule has 0 atom stereocenters. The van der Waals surface area contributed by atoms with E-state index in [1.807, 2.05) is 0 Å². The molecule has 2 rings (SSSR count). The van der Waals surface area contributed by atoms with Crippen molar-refractivity contribution in [3.8, 4) is 0 Å². The highest BCUT2D eigenvalue weighted by molar-refractivity contribution is 5.86. The van der Waals surface area contributed by atoms with E-state index in [9.17, 15) is 9.18 Å². The largest absolute Gasteiger partial charge is 0.476 e. The van der Waals surface area contributed by atoms with Gasteiger partial charge in [-0.3, -0.25) is 0 Å². The van der Waals surface area contributed by atoms with E-state index < -0.39 is 17.5 Å². The lowest BCUT2D eigenvalue weighted by Gasteiger charge is -2.07. The number of aromatic carboxylic acids is 1. The molecule has 18 heavy (non-hydrogen) atoms. The number of anilines is 3. The van der Waals surface area contributed by atoms with E-state index >= 15 is 0 Å². The number of nitrogens with one attached hydrogen (secondary N) is 1. The summed E-state index contributed by atoms with van der Waals surface area (Å²) in [5.41, 5.74) is 5.68. The fourth-order valence-corrected chi connectivity index (χ4v) is 1.32. The highest BCUT2D eigenvalue weighted by Gasteiger charge is 2.12. The summed E-state index contributed by atoms with van der Waals surface area (Å²) in [6.45, 7) is 0. The Morgan fingerprint density at radius 3 is 2.83 bits per heavy atom. The molecular formula is C11H9FN4O2. The van der Waals surface area contributed by atoms with Crippen molar-refractivity contribution < 1.29 is 14.3 Å². The van der Waals surface area contributed by atoms with E-state index in [2.05, 4.69) is 15.3 Å². The topological polar surface area (TPSA) is 101 Å². The van der Waals surface area contributed by atoms with E-state index in [0.717, 1.165) is 6.07 Å². The molecule has 2 aromatic rings. The Hall–Kier alpha value is -2.70. The molecule has 0 aliphatic heterocycles. The monoisotopic (exact) mass is 248 g/mol. The number of halogens is 1. The summed E-state index contributed by atoms with van der Waals surface area (Å²) in [5.74, 6) is -2.00. The molecule has 0 spiro atoms. The first kappa shape index (κ1) is 11.8. The van der Waals surface area contributed by atoms with Crippen molar-refractivity contribution in [1.29, 1.82) is 0 Å². The second-order valence-electron chi connectivity index (χ2n) is 3.43. The molecule has 92 valence electrons. The molecule has 2 aromatic heterocycles. The molecule has 0 aliphatic carbocycles. The molecule has 0 saturated carbocycles. The van der Waals surface area contributed by atoms with E-state index in [1.54, 1.807) is 12.1 Å². The Bertz CT molecular complexity index is 603. The van der Waals surface area contributed by atoms with Crippen molar-refractivity contribution in [2.75, 3.05) is 11.1 Å². The summed E-state index contributed by atoms with van der Waals surface area (Å²) in [6.07, 6.45) is 2.72. The SMILES string of the molecule is Nc1cccnc1Nc1cnc(C(=O)O)c(F)c1. The summed E-state index contributed by atoms with van der Waals surface area (Å²) in [7, 11) is 0. The molecule has 0 fully saturated rings. The standard InChI is InChI=1S/C11H9FN4O2/c12-7-4-6(5-15-9(7)11(17)18)16-10-8(13)2-1-3-14-10/h1-5H,13H2,(H,14,16)(H,17,18). The molecule has 0 amide bonds. The maximum Gasteiger partial charge on any atom is 0.357 e. The average Bonchev–Trinajstić information content (AvgIpc) is 2.32. The fourth-order valence-electron chi connectivity index (χ4n) is 1.32. The van der Waals surface area contributed by atoms with Crippen molar-refractivity contribution >= 4 is 23.2 Å². The zero-order chi connectivity index (χ0) is 13.1. The Morgan fingerprint density at radius 1 is 1.44 bits per heavy atom. The van der Waals surface area contributed by atoms with Gasteiger partial charge in [0.25, 0.3) is 0 Å². The smallest absolute Gasteiger partial charge is 0.357 e. The number of hydrogen-bond donors (Lipinski definition) is 3. The second kappa shape index (κ2) is 4.66. The zero-order valence-corrected chi connectivity index (χ0v) is 9.09. The van der Waals surface area contributed by atoms with Crippen LogP contribution in [0.3, 0.4) is 0 Å². The Labute approximate surface area is 101 Å². The molecule has 0 unspecified atom stereocenters. The summed E-state index contributed by atoms with van der Waals surface area (Å²) >= 11 is 0. The first-order chi connectivity index (χ1) is 8.58. The van der Waals surface area contributed by atoms with Crippen LogP contribution in [0.2, 0.25) is 0 Å². The lowest BCUT2D eigenvalue weighted by Crippen LogP contribution is -2.05. The third-order valence-corrected chi connectivity index (χ3v) is 2.15. The Balaban J connectivity index is 2.29. The van der Waals surface area contributed by atoms with Crippen LogP contribution in [0, 0.1) is 5.82 Å². The van der Waals surface area contributed by atoms with Crippen LogP contribution < -0.4 is 11.1 Å². The Morgan fingerprint density at radius 2 is 2.22 bits per heavy atom. The minimum absolute atomic E-state index is 0.267. The van der Waals surface area contributed by atoms with Crippen LogP contribution in [0.5, 0.6) is 0 Å². The molecular weight excluding hydrogens is 239 g/mol. The predicted molar refractivity (Wildman–Crippen MR) is 63.1 cm³/mol. The predicted octanol–water partition coefficient (Wildman–Crippen LogP) is 1.64. The lowest BCUT2D eigenvalue weighted by molar-refractivity contribution is 0.0685. The molecule has 6 nitrogen and oxygen atoms in total. The zero-order valence-electron chi connectivity index (χ0n) is 9.09. The molecule has 7 heteroatoms. The molecule has 0 aromatic carbocycles. The first-order valence-electron chi connectivity index (χ1n) is 4.94. The van der Waals surface area contributed by atoms with Gasteiger partial charge in [-0.1, -0.05) is 0 Å². The van der Waals surface area contributed by atoms with E-state index in [1.165, 1.54) is 12.4 Å². The van der Waals surface area contributed by atoms with Gasteiger partial charge in [-0.2, -0.15) is 0 Å². The number of pyridine rings is 2. The van der Waals surface area contributed by atoms with Gasteiger partial charge in [0.1, 0.15) is 0 Å². The van der Waals surface area contributed by atoms with Crippen molar-refractivity contribution in [2.45, 2.75) is 0 Å². The van der Waals surface area contributed by atoms with Gasteiger partial charge in [-0.25, -0.2) is 19.2 Å². The second-order valence-corrected chi connectivity index (χ2v) is 3.43. The van der Waals surface area contributed by atoms with Crippen molar-refractivity contribution in [3.05, 3.63) is 42.1 Å². The number of nitrogens with zero attached hydrogens (tertiary/aromatic N) is 2. The number of aromatic nitrogens is 2. The van der Waals surface area contributed by atoms with Gasteiger partial charge in [0.05, 0.1) is 17.6 Å². The first-order valence-corrected chi connectivity index (χ1v) is 4.94. The Kier molecular flexibility index (Phi) is 3.05. The summed E-state index contributed by atoms with van der Waals surface area (Å²) < 4.78 is 13.4. The van der Waals surface area contributed by atoms with Crippen LogP contribution >= 0.6 is 0 Å². The van der Waals surface area contributed by atoms with Gasteiger partial charge < -0.3 is 16.2 Å². The molecule has 0 aliphatic rings. The molecule has 0 radical (unpaired) electrons. The van der Waals surface area contributed by atoms with Crippen LogP contribution in [-0.4, -0.2) is 21.0 Å². The van der Waals surface area contributed by atoms with E-state index in [-0.39, 0.29) is 5.69 Å². The summed E-state index contributed by atoms with van der Waals surface area (Å²) in [5, 5.41) is 11.4. The number of carboxylic acids is 1. The number of hydrogen-bond acceptors (Lipinski definition) is 5. The van der Waals surface area contributed by atoms with Crippen LogP contribution in [0.15, 0.2) is 30.6 Å². The van der Waals surface area contributed by atoms with E-state index in [4.69, 9.17) is 10.8 Å². The average molecular weight is 248 g/mol. The van der Waals surface area contributed by atoms with Gasteiger partial charge in [0, 0.05) is 12.3 Å². The van der Waals surface area contributed by atoms with Gasteiger partial charge in [0.2, 0.25) is 0 Å². The highest BCUT2D eigenvalue weighted by Crippen LogP contribution is 2.20. The van der Waals surface area contributed by atoms with Crippen LogP contribution in [0.1, 0.15) is 10.5 Å². The minimum Gasteiger partial charge on any atom is -0.476 e. The molecule has 0 bridgehead atoms. The number of nitrogens with two attached hydrogens (primary N) is 1. The van der Waals surface area contributed by atoms with E-state index in [0.29, 0.717) is 11.5 Å². The maximum atomic E-state index is 13.4. The van der Waals surface area contributed by atoms with Gasteiger partial charge in [-0.05, 0) is 12.1 Å². The highest BCUT2D eigenvalue weighted by atomic mass is 19.1. The van der Waals surface area contributed by atoms with Crippen LogP contribution in [0.25, 0.3) is 0 Å². The van der Waals surface area contributed by atoms with Crippen molar-refractivity contribution in [2.24, 2.45) is 0 Å². The summed E-state index contributed by atoms with van der Waals surface area (Å²) in [4.78, 5) is 18.0. The summed E-state index contributed by atoms with van der Waals surface area (Å²) in [6, 6.07) is 4.31. The quantitative estimate of drug-likeness (QED) is 0.763. The lowest BCUT2D eigenvalue weighted by atomic mass is 10.3. The van der Waals surface area contributed by atoms with Crippen molar-refractivity contribution in [3.63, 3.8) is 0 Å². The fraction of sp³-hybridized carbons (Fsp3) is 0. The third kappa shape index (κ3) is 2.34. The van der Waals surface area contributed by atoms with Crippen molar-refractivity contribution in [1.82, 2.24) is 9.97 Å². The van der Waals surface area contributed by atoms with Gasteiger partial charge in [0.15, 0.2) is 17.3 Å². The minimum atomic E-state index is -1.42. The van der Waals surface area contributed by atoms with Crippen LogP contribution in [-0.2, 0) is 0 Å². The molecule has 0 saturated heterocycles. The molecule has 2 heterocycles. The number of carbonyl (C=O) groups is 1. The number of rotatable bonds is 3.